The van der Waals surface area contributed by atoms with Gasteiger partial charge in [-0.15, -0.1) is 38.5 Å². The minimum atomic E-state index is -4.80. The summed E-state index contributed by atoms with van der Waals surface area (Å²) in [4.78, 5) is 21.7. The summed E-state index contributed by atoms with van der Waals surface area (Å²) >= 11 is 0. The Balaban J connectivity index is -0.000000107. The van der Waals surface area contributed by atoms with E-state index in [0.29, 0.717) is 5.56 Å². The van der Waals surface area contributed by atoms with Crippen LogP contribution in [0.25, 0.3) is 0 Å². The number of hydrogen-bond donors (Lipinski definition) is 2. The van der Waals surface area contributed by atoms with Crippen molar-refractivity contribution in [2.24, 2.45) is 0 Å². The van der Waals surface area contributed by atoms with Crippen molar-refractivity contribution in [2.45, 2.75) is 31.5 Å². The van der Waals surface area contributed by atoms with Gasteiger partial charge in [-0.2, -0.15) is 13.2 Å². The predicted molar refractivity (Wildman–Crippen MR) is 133 cm³/mol. The molecule has 1 aliphatic heterocycles. The van der Waals surface area contributed by atoms with Crippen LogP contribution in [0.4, 0.5) is 13.2 Å². The lowest BCUT2D eigenvalue weighted by atomic mass is 10.1. The maximum atomic E-state index is 11.0. The minimum absolute atomic E-state index is 0.569. The average Bonchev–Trinajstić information content (AvgIpc) is 2.88. The average molecular weight is 487 g/mol. The normalized spacial score (nSPS) is 12.2. The SMILES string of the molecule is C#C.C#C.C#C.CN1CCCCC1.CNC.COc1ccc(C=O)cc1.O=CC(O)C(F)(F)F. The van der Waals surface area contributed by atoms with Crippen molar-refractivity contribution < 1.29 is 32.6 Å². The molecule has 1 saturated heterocycles. The third-order valence-electron chi connectivity index (χ3n) is 3.30. The first-order valence-corrected chi connectivity index (χ1v) is 9.72. The highest BCUT2D eigenvalue weighted by Crippen LogP contribution is 2.17. The van der Waals surface area contributed by atoms with Gasteiger partial charge in [0.1, 0.15) is 12.0 Å². The maximum absolute atomic E-state index is 11.0. The number of nitrogens with zero attached hydrogens (tertiary/aromatic N) is 1. The van der Waals surface area contributed by atoms with Crippen molar-refractivity contribution >= 4 is 12.6 Å². The van der Waals surface area contributed by atoms with Gasteiger partial charge in [0.15, 0.2) is 6.29 Å². The van der Waals surface area contributed by atoms with Crippen LogP contribution in [0, 0.1) is 38.5 Å². The number of halogens is 3. The molecular formula is C25H37F3N2O4. The van der Waals surface area contributed by atoms with E-state index in [-0.39, 0.29) is 0 Å². The largest absolute Gasteiger partial charge is 0.497 e. The fourth-order valence-corrected chi connectivity index (χ4v) is 1.81. The zero-order chi connectivity index (χ0) is 28.0. The van der Waals surface area contributed by atoms with Crippen LogP contribution < -0.4 is 10.1 Å². The number of nitrogens with one attached hydrogen (secondary N) is 1. The summed E-state index contributed by atoms with van der Waals surface area (Å²) in [5.74, 6) is 0.769. The molecular weight excluding hydrogens is 449 g/mol. The van der Waals surface area contributed by atoms with Crippen LogP contribution in [0.3, 0.4) is 0 Å². The molecule has 0 bridgehead atoms. The molecule has 0 amide bonds. The van der Waals surface area contributed by atoms with Crippen LogP contribution >= 0.6 is 0 Å². The summed E-state index contributed by atoms with van der Waals surface area (Å²) in [7, 11) is 7.54. The van der Waals surface area contributed by atoms with Gasteiger partial charge in [-0.25, -0.2) is 0 Å². The van der Waals surface area contributed by atoms with Gasteiger partial charge in [-0.1, -0.05) is 6.42 Å². The fraction of sp³-hybridized carbons (Fsp3) is 0.440. The molecule has 1 aromatic rings. The molecule has 0 aromatic heterocycles. The highest BCUT2D eigenvalue weighted by molar-refractivity contribution is 5.74. The number of hydrogen-bond acceptors (Lipinski definition) is 6. The zero-order valence-electron chi connectivity index (χ0n) is 20.3. The summed E-state index contributed by atoms with van der Waals surface area (Å²) < 4.78 is 37.8. The number of terminal acetylenes is 3. The number of aliphatic hydroxyl groups excluding tert-OH is 1. The number of ether oxygens (including phenoxy) is 1. The van der Waals surface area contributed by atoms with Crippen LogP contribution in [0.1, 0.15) is 29.6 Å². The van der Waals surface area contributed by atoms with E-state index in [0.717, 1.165) is 12.0 Å². The highest BCUT2D eigenvalue weighted by atomic mass is 19.4. The van der Waals surface area contributed by atoms with E-state index in [1.807, 2.05) is 14.1 Å². The number of carbonyl (C=O) groups is 2. The number of likely N-dealkylation sites (tertiary alicyclic amines) is 1. The second-order valence-corrected chi connectivity index (χ2v) is 5.88. The van der Waals surface area contributed by atoms with Crippen molar-refractivity contribution in [1.82, 2.24) is 10.2 Å². The Labute approximate surface area is 202 Å². The number of benzene rings is 1. The molecule has 1 aliphatic rings. The molecule has 1 heterocycles. The molecule has 1 aromatic carbocycles. The molecule has 9 heteroatoms. The Kier molecular flexibility index (Phi) is 38.5. The van der Waals surface area contributed by atoms with E-state index in [4.69, 9.17) is 9.84 Å². The molecule has 34 heavy (non-hydrogen) atoms. The number of aliphatic hydroxyl groups is 1. The first kappa shape index (κ1) is 41.0. The zero-order valence-corrected chi connectivity index (χ0v) is 20.3. The summed E-state index contributed by atoms with van der Waals surface area (Å²) in [5.41, 5.74) is 0.667. The lowest BCUT2D eigenvalue weighted by Crippen LogP contribution is -2.29. The van der Waals surface area contributed by atoms with Gasteiger partial charge in [0.2, 0.25) is 6.10 Å². The Hall–Kier alpha value is -3.29. The first-order chi connectivity index (χ1) is 16.2. The molecule has 1 atom stereocenters. The maximum Gasteiger partial charge on any atom is 0.421 e. The second kappa shape index (κ2) is 31.9. The minimum Gasteiger partial charge on any atom is -0.497 e. The molecule has 1 unspecified atom stereocenters. The molecule has 0 radical (unpaired) electrons. The third-order valence-corrected chi connectivity index (χ3v) is 3.30. The molecule has 2 N–H and O–H groups in total. The Bertz CT molecular complexity index is 608. The Morgan fingerprint density at radius 3 is 1.53 bits per heavy atom. The van der Waals surface area contributed by atoms with Crippen molar-refractivity contribution in [1.29, 1.82) is 0 Å². The number of methoxy groups -OCH3 is 1. The lowest BCUT2D eigenvalue weighted by molar-refractivity contribution is -0.197. The summed E-state index contributed by atoms with van der Waals surface area (Å²) in [5, 5.41) is 10.5. The van der Waals surface area contributed by atoms with Crippen LogP contribution in [0.2, 0.25) is 0 Å². The summed E-state index contributed by atoms with van der Waals surface area (Å²) in [6.45, 7) is 2.64. The van der Waals surface area contributed by atoms with Crippen LogP contribution in [0.5, 0.6) is 5.75 Å². The van der Waals surface area contributed by atoms with Gasteiger partial charge < -0.3 is 24.9 Å². The van der Waals surface area contributed by atoms with Gasteiger partial charge in [0.05, 0.1) is 7.11 Å². The van der Waals surface area contributed by atoms with Crippen molar-refractivity contribution in [2.75, 3.05) is 41.3 Å². The number of rotatable bonds is 3. The number of piperidine rings is 1. The lowest BCUT2D eigenvalue weighted by Gasteiger charge is -2.20. The van der Waals surface area contributed by atoms with Crippen molar-refractivity contribution in [3.05, 3.63) is 29.8 Å². The van der Waals surface area contributed by atoms with E-state index in [2.05, 4.69) is 55.8 Å². The van der Waals surface area contributed by atoms with Crippen LogP contribution in [0.15, 0.2) is 24.3 Å². The quantitative estimate of drug-likeness (QED) is 0.504. The Morgan fingerprint density at radius 1 is 0.971 bits per heavy atom. The highest BCUT2D eigenvalue weighted by Gasteiger charge is 2.37. The fourth-order valence-electron chi connectivity index (χ4n) is 1.81. The van der Waals surface area contributed by atoms with Gasteiger partial charge in [0.25, 0.3) is 0 Å². The molecule has 0 spiro atoms. The molecule has 1 fully saturated rings. The second-order valence-electron chi connectivity index (χ2n) is 5.88. The standard InChI is InChI=1S/C8H8O2.C6H13N.C3H3F3O2.C2H7N.3C2H2/c1-10-8-4-2-7(6-9)3-5-8;1-7-5-3-2-4-6-7;4-3(5,6)2(8)1-7;1-3-2;3*1-2/h2-6H,1H3;2-6H2,1H3;1-2,8H;3H,1-2H3;3*1-2H. The van der Waals surface area contributed by atoms with Crippen LogP contribution in [-0.4, -0.2) is 76.2 Å². The van der Waals surface area contributed by atoms with Gasteiger partial charge >= 0.3 is 6.18 Å². The monoisotopic (exact) mass is 486 g/mol. The smallest absolute Gasteiger partial charge is 0.421 e. The van der Waals surface area contributed by atoms with E-state index in [1.165, 1.54) is 32.4 Å². The number of alkyl halides is 3. The van der Waals surface area contributed by atoms with E-state index < -0.39 is 18.6 Å². The summed E-state index contributed by atoms with van der Waals surface area (Å²) in [6, 6.07) is 6.94. The van der Waals surface area contributed by atoms with E-state index in [9.17, 15) is 22.8 Å². The molecule has 2 rings (SSSR count). The van der Waals surface area contributed by atoms with Gasteiger partial charge in [-0.3, -0.25) is 4.79 Å². The third kappa shape index (κ3) is 30.9. The Morgan fingerprint density at radius 2 is 1.35 bits per heavy atom. The predicted octanol–water partition coefficient (Wildman–Crippen LogP) is 3.30. The van der Waals surface area contributed by atoms with E-state index in [1.54, 1.807) is 31.4 Å². The van der Waals surface area contributed by atoms with Gasteiger partial charge in [-0.05, 0) is 71.3 Å². The first-order valence-electron chi connectivity index (χ1n) is 9.72. The van der Waals surface area contributed by atoms with Gasteiger partial charge in [0, 0.05) is 5.56 Å². The number of carbonyl (C=O) groups excluding carboxylic acids is 2. The van der Waals surface area contributed by atoms with Crippen LogP contribution in [-0.2, 0) is 4.79 Å². The topological polar surface area (TPSA) is 78.9 Å². The molecule has 0 aliphatic carbocycles. The van der Waals surface area contributed by atoms with E-state index >= 15 is 0 Å². The number of aldehydes is 2. The van der Waals surface area contributed by atoms with Crippen molar-refractivity contribution in [3.63, 3.8) is 0 Å². The molecule has 0 saturated carbocycles. The summed E-state index contributed by atoms with van der Waals surface area (Å²) in [6.07, 6.45) is 20.9. The molecule has 6 nitrogen and oxygen atoms in total. The molecule has 192 valence electrons. The van der Waals surface area contributed by atoms with Crippen molar-refractivity contribution in [3.8, 4) is 44.3 Å².